The van der Waals surface area contributed by atoms with E-state index < -0.39 is 0 Å². The Bertz CT molecular complexity index is 450. The van der Waals surface area contributed by atoms with Gasteiger partial charge >= 0.3 is 5.97 Å². The highest BCUT2D eigenvalue weighted by Gasteiger charge is 2.31. The molecule has 1 fully saturated rings. The molecule has 0 aromatic carbocycles. The van der Waals surface area contributed by atoms with Crippen LogP contribution in [0.25, 0.3) is 0 Å². The van der Waals surface area contributed by atoms with Crippen molar-refractivity contribution in [2.45, 2.75) is 46.2 Å². The molecular weight excluding hydrogens is 252 g/mol. The highest BCUT2D eigenvalue weighted by atomic mass is 35.5. The molecule has 0 amide bonds. The number of ether oxygens (including phenoxy) is 1. The van der Waals surface area contributed by atoms with Gasteiger partial charge in [0.2, 0.25) is 0 Å². The Labute approximate surface area is 114 Å². The summed E-state index contributed by atoms with van der Waals surface area (Å²) in [6.45, 7) is 6.63. The van der Waals surface area contributed by atoms with Crippen molar-refractivity contribution in [1.29, 1.82) is 0 Å². The first-order valence-corrected chi connectivity index (χ1v) is 6.19. The van der Waals surface area contributed by atoms with Crippen LogP contribution in [0.4, 0.5) is 0 Å². The van der Waals surface area contributed by atoms with E-state index in [1.54, 1.807) is 0 Å². The molecule has 0 saturated heterocycles. The van der Waals surface area contributed by atoms with Gasteiger partial charge in [0, 0.05) is 29.5 Å². The predicted octanol–water partition coefficient (Wildman–Crippen LogP) is 2.50. The van der Waals surface area contributed by atoms with Gasteiger partial charge in [-0.1, -0.05) is 0 Å². The molecule has 18 heavy (non-hydrogen) atoms. The number of halogens is 1. The van der Waals surface area contributed by atoms with Crippen molar-refractivity contribution in [3.8, 4) is 0 Å². The topological polar surface area (TPSA) is 57.2 Å². The predicted molar refractivity (Wildman–Crippen MR) is 73.3 cm³/mol. The lowest BCUT2D eigenvalue weighted by Gasteiger charge is -2.07. The van der Waals surface area contributed by atoms with Gasteiger partial charge in [0.05, 0.1) is 12.2 Å². The van der Waals surface area contributed by atoms with Gasteiger partial charge in [-0.25, -0.2) is 4.79 Å². The number of carbonyl (C=O) groups excluding carboxylic acids is 1. The Kier molecular flexibility index (Phi) is 4.82. The molecule has 2 N–H and O–H groups in total. The molecule has 1 aromatic rings. The summed E-state index contributed by atoms with van der Waals surface area (Å²) in [6, 6.07) is 0.559. The van der Waals surface area contributed by atoms with Gasteiger partial charge in [-0.05, 0) is 33.6 Å². The first-order valence-electron chi connectivity index (χ1n) is 6.19. The molecule has 4 nitrogen and oxygen atoms in total. The van der Waals surface area contributed by atoms with Gasteiger partial charge < -0.3 is 15.0 Å². The van der Waals surface area contributed by atoms with Crippen LogP contribution in [0.1, 0.15) is 53.1 Å². The van der Waals surface area contributed by atoms with Gasteiger partial charge in [-0.3, -0.25) is 0 Å². The van der Waals surface area contributed by atoms with Crippen molar-refractivity contribution in [2.24, 2.45) is 5.73 Å². The average molecular weight is 273 g/mol. The maximum absolute atomic E-state index is 12.0. The number of aromatic nitrogens is 1. The number of nitrogens with zero attached hydrogens (tertiary/aromatic N) is 1. The monoisotopic (exact) mass is 272 g/mol. The standard InChI is InChI=1S/C13H20N2O2.ClH/c1-4-17-13(16)12-9(3)15(10-5-6-10)8(2)11(12)7-14;/h10H,4-7,14H2,1-3H3;1H. The van der Waals surface area contributed by atoms with E-state index in [1.165, 1.54) is 12.8 Å². The summed E-state index contributed by atoms with van der Waals surface area (Å²) in [4.78, 5) is 12.0. The molecule has 0 aliphatic heterocycles. The normalized spacial score (nSPS) is 14.2. The summed E-state index contributed by atoms with van der Waals surface area (Å²) in [5, 5.41) is 0. The smallest absolute Gasteiger partial charge is 0.340 e. The number of hydrogen-bond acceptors (Lipinski definition) is 3. The van der Waals surface area contributed by atoms with Crippen molar-refractivity contribution < 1.29 is 9.53 Å². The molecule has 1 aromatic heterocycles. The Morgan fingerprint density at radius 2 is 2.00 bits per heavy atom. The van der Waals surface area contributed by atoms with Crippen LogP contribution >= 0.6 is 12.4 Å². The minimum absolute atomic E-state index is 0. The SMILES string of the molecule is CCOC(=O)c1c(CN)c(C)n(C2CC2)c1C.Cl. The fourth-order valence-corrected chi connectivity index (χ4v) is 2.52. The van der Waals surface area contributed by atoms with Crippen LogP contribution in [0.3, 0.4) is 0 Å². The molecule has 0 atom stereocenters. The molecular formula is C13H21ClN2O2. The summed E-state index contributed by atoms with van der Waals surface area (Å²) in [5.41, 5.74) is 9.51. The third-order valence-electron chi connectivity index (χ3n) is 3.42. The van der Waals surface area contributed by atoms with Gasteiger partial charge in [-0.2, -0.15) is 0 Å². The second-order valence-corrected chi connectivity index (χ2v) is 4.55. The zero-order chi connectivity index (χ0) is 12.6. The Morgan fingerprint density at radius 3 is 2.44 bits per heavy atom. The maximum atomic E-state index is 12.0. The highest BCUT2D eigenvalue weighted by molar-refractivity contribution is 5.93. The Hall–Kier alpha value is -1.00. The van der Waals surface area contributed by atoms with E-state index in [-0.39, 0.29) is 18.4 Å². The fraction of sp³-hybridized carbons (Fsp3) is 0.615. The van der Waals surface area contributed by atoms with Crippen molar-refractivity contribution in [3.63, 3.8) is 0 Å². The lowest BCUT2D eigenvalue weighted by Crippen LogP contribution is -2.10. The fourth-order valence-electron chi connectivity index (χ4n) is 2.52. The second-order valence-electron chi connectivity index (χ2n) is 4.55. The van der Waals surface area contributed by atoms with E-state index in [4.69, 9.17) is 10.5 Å². The minimum Gasteiger partial charge on any atom is -0.462 e. The van der Waals surface area contributed by atoms with Crippen LogP contribution in [-0.4, -0.2) is 17.1 Å². The summed E-state index contributed by atoms with van der Waals surface area (Å²) in [5.74, 6) is -0.243. The van der Waals surface area contributed by atoms with Gasteiger partial charge in [0.15, 0.2) is 0 Å². The lowest BCUT2D eigenvalue weighted by molar-refractivity contribution is 0.0524. The quantitative estimate of drug-likeness (QED) is 0.857. The van der Waals surface area contributed by atoms with E-state index in [1.807, 2.05) is 20.8 Å². The second kappa shape index (κ2) is 5.76. The average Bonchev–Trinajstić information content (AvgIpc) is 3.06. The van der Waals surface area contributed by atoms with E-state index in [0.29, 0.717) is 24.8 Å². The maximum Gasteiger partial charge on any atom is 0.340 e. The van der Waals surface area contributed by atoms with Crippen LogP contribution in [0.15, 0.2) is 0 Å². The first-order chi connectivity index (χ1) is 8.11. The van der Waals surface area contributed by atoms with Crippen molar-refractivity contribution >= 4 is 18.4 Å². The Balaban J connectivity index is 0.00000162. The summed E-state index contributed by atoms with van der Waals surface area (Å²) in [7, 11) is 0. The molecule has 0 unspecified atom stereocenters. The van der Waals surface area contributed by atoms with Crippen molar-refractivity contribution in [2.75, 3.05) is 6.61 Å². The number of esters is 1. The van der Waals surface area contributed by atoms with Crippen LogP contribution in [-0.2, 0) is 11.3 Å². The summed E-state index contributed by atoms with van der Waals surface area (Å²) < 4.78 is 7.36. The van der Waals surface area contributed by atoms with E-state index >= 15 is 0 Å². The van der Waals surface area contributed by atoms with Crippen LogP contribution in [0.5, 0.6) is 0 Å². The first kappa shape index (κ1) is 15.1. The largest absolute Gasteiger partial charge is 0.462 e. The van der Waals surface area contributed by atoms with E-state index in [0.717, 1.165) is 17.0 Å². The van der Waals surface area contributed by atoms with Crippen LogP contribution in [0.2, 0.25) is 0 Å². The van der Waals surface area contributed by atoms with Crippen LogP contribution < -0.4 is 5.73 Å². The minimum atomic E-state index is -0.243. The third-order valence-corrected chi connectivity index (χ3v) is 3.42. The zero-order valence-corrected chi connectivity index (χ0v) is 12.0. The number of carbonyl (C=O) groups is 1. The summed E-state index contributed by atoms with van der Waals surface area (Å²) in [6.07, 6.45) is 2.39. The van der Waals surface area contributed by atoms with Crippen molar-refractivity contribution in [1.82, 2.24) is 4.57 Å². The molecule has 0 bridgehead atoms. The summed E-state index contributed by atoms with van der Waals surface area (Å²) >= 11 is 0. The molecule has 1 heterocycles. The molecule has 5 heteroatoms. The van der Waals surface area contributed by atoms with Gasteiger partial charge in [0.25, 0.3) is 0 Å². The van der Waals surface area contributed by atoms with Crippen molar-refractivity contribution in [3.05, 3.63) is 22.5 Å². The van der Waals surface area contributed by atoms with E-state index in [2.05, 4.69) is 4.57 Å². The molecule has 0 radical (unpaired) electrons. The molecule has 102 valence electrons. The molecule has 1 saturated carbocycles. The third kappa shape index (κ3) is 2.40. The lowest BCUT2D eigenvalue weighted by atomic mass is 10.1. The number of rotatable bonds is 4. The molecule has 1 aliphatic carbocycles. The van der Waals surface area contributed by atoms with Gasteiger partial charge in [-0.15, -0.1) is 12.4 Å². The van der Waals surface area contributed by atoms with Gasteiger partial charge in [0.1, 0.15) is 0 Å². The van der Waals surface area contributed by atoms with E-state index in [9.17, 15) is 4.79 Å². The number of nitrogens with two attached hydrogens (primary N) is 1. The number of hydrogen-bond donors (Lipinski definition) is 1. The Morgan fingerprint density at radius 1 is 1.39 bits per heavy atom. The highest BCUT2D eigenvalue weighted by Crippen LogP contribution is 2.39. The molecule has 2 rings (SSSR count). The van der Waals surface area contributed by atoms with Crippen LogP contribution in [0, 0.1) is 13.8 Å². The molecule has 0 spiro atoms. The zero-order valence-electron chi connectivity index (χ0n) is 11.2. The molecule has 1 aliphatic rings.